The van der Waals surface area contributed by atoms with Crippen molar-refractivity contribution >= 4 is 17.5 Å². The van der Waals surface area contributed by atoms with Gasteiger partial charge in [0.05, 0.1) is 44.2 Å². The minimum atomic E-state index is -2.77. The maximum Gasteiger partial charge on any atom is 0.264 e. The van der Waals surface area contributed by atoms with Gasteiger partial charge in [0.1, 0.15) is 0 Å². The summed E-state index contributed by atoms with van der Waals surface area (Å²) in [5, 5.41) is 2.89. The summed E-state index contributed by atoms with van der Waals surface area (Å²) in [4.78, 5) is 18.5. The Balaban J connectivity index is 1.82. The van der Waals surface area contributed by atoms with Crippen LogP contribution in [0.1, 0.15) is 39.4 Å². The van der Waals surface area contributed by atoms with Crippen molar-refractivity contribution in [3.63, 3.8) is 0 Å². The smallest absolute Gasteiger partial charge is 0.264 e. The van der Waals surface area contributed by atoms with E-state index in [1.54, 1.807) is 6.92 Å². The van der Waals surface area contributed by atoms with E-state index in [9.17, 15) is 8.78 Å². The zero-order chi connectivity index (χ0) is 24.5. The highest BCUT2D eigenvalue weighted by atomic mass is 19.3. The van der Waals surface area contributed by atoms with Crippen molar-refractivity contribution in [3.8, 4) is 0 Å². The number of anilines is 2. The van der Waals surface area contributed by atoms with Crippen LogP contribution in [0.15, 0.2) is 18.4 Å². The van der Waals surface area contributed by atoms with E-state index >= 15 is 0 Å². The van der Waals surface area contributed by atoms with Crippen molar-refractivity contribution < 1.29 is 18.3 Å². The fraction of sp³-hybridized carbons (Fsp3) is 0.696. The number of halogens is 2. The van der Waals surface area contributed by atoms with E-state index in [0.29, 0.717) is 57.3 Å². The molecule has 2 aliphatic heterocycles. The van der Waals surface area contributed by atoms with Gasteiger partial charge in [0.25, 0.3) is 6.43 Å². The molecular weight excluding hydrogens is 444 g/mol. The molecule has 2 saturated heterocycles. The summed E-state index contributed by atoms with van der Waals surface area (Å²) in [5.74, 6) is 1.50. The summed E-state index contributed by atoms with van der Waals surface area (Å²) in [7, 11) is 0. The first-order chi connectivity index (χ1) is 16.3. The molecule has 3 aliphatic rings. The van der Waals surface area contributed by atoms with Crippen molar-refractivity contribution in [2.24, 2.45) is 11.7 Å². The minimum absolute atomic E-state index is 0.0864. The second kappa shape index (κ2) is 10.1. The number of morpholine rings is 2. The van der Waals surface area contributed by atoms with Gasteiger partial charge in [-0.15, -0.1) is 0 Å². The number of alkyl halides is 2. The molecule has 0 aromatic carbocycles. The van der Waals surface area contributed by atoms with Crippen molar-refractivity contribution in [1.82, 2.24) is 20.3 Å². The van der Waals surface area contributed by atoms with Crippen LogP contribution < -0.4 is 20.9 Å². The monoisotopic (exact) mass is 479 g/mol. The molecule has 9 nitrogen and oxygen atoms in total. The van der Waals surface area contributed by atoms with Gasteiger partial charge in [-0.3, -0.25) is 0 Å². The van der Waals surface area contributed by atoms with Gasteiger partial charge >= 0.3 is 0 Å². The van der Waals surface area contributed by atoms with Crippen molar-refractivity contribution in [3.05, 3.63) is 24.2 Å². The van der Waals surface area contributed by atoms with Gasteiger partial charge in [0, 0.05) is 30.4 Å². The van der Waals surface area contributed by atoms with Gasteiger partial charge in [-0.25, -0.2) is 8.78 Å². The maximum absolute atomic E-state index is 13.8. The van der Waals surface area contributed by atoms with Crippen LogP contribution in [0, 0.1) is 5.92 Å². The predicted octanol–water partition coefficient (Wildman–Crippen LogP) is 2.16. The van der Waals surface area contributed by atoms with Gasteiger partial charge in [-0.2, -0.15) is 15.0 Å². The number of hydrogen-bond donors (Lipinski definition) is 2. The molecule has 4 atom stereocenters. The van der Waals surface area contributed by atoms with Gasteiger partial charge in [0.15, 0.2) is 5.82 Å². The molecule has 4 rings (SSSR count). The fourth-order valence-corrected chi connectivity index (χ4v) is 4.67. The van der Waals surface area contributed by atoms with E-state index < -0.39 is 12.6 Å². The van der Waals surface area contributed by atoms with Crippen LogP contribution in [0.25, 0.3) is 5.57 Å². The van der Waals surface area contributed by atoms with Crippen molar-refractivity contribution in [2.75, 3.05) is 49.3 Å². The lowest BCUT2D eigenvalue weighted by molar-refractivity contribution is 0.0808. The Kier molecular flexibility index (Phi) is 7.34. The molecule has 1 aliphatic carbocycles. The second-order valence-corrected chi connectivity index (χ2v) is 9.34. The molecule has 1 aromatic rings. The number of nitrogens with two attached hydrogens (primary N) is 1. The van der Waals surface area contributed by atoms with Crippen LogP contribution in [-0.2, 0) is 9.47 Å². The lowest BCUT2D eigenvalue weighted by Crippen LogP contribution is -2.50. The molecule has 11 heteroatoms. The highest BCUT2D eigenvalue weighted by molar-refractivity contribution is 5.76. The number of rotatable bonds is 8. The molecular formula is C23H35F2N7O2. The second-order valence-electron chi connectivity index (χ2n) is 9.34. The molecule has 188 valence electrons. The molecule has 3 fully saturated rings. The summed E-state index contributed by atoms with van der Waals surface area (Å²) >= 11 is 0. The van der Waals surface area contributed by atoms with Crippen LogP contribution >= 0.6 is 0 Å². The van der Waals surface area contributed by atoms with Gasteiger partial charge in [-0.05, 0) is 25.7 Å². The summed E-state index contributed by atoms with van der Waals surface area (Å²) in [5.41, 5.74) is 5.39. The first kappa shape index (κ1) is 24.7. The van der Waals surface area contributed by atoms with Crippen LogP contribution in [0.5, 0.6) is 0 Å². The van der Waals surface area contributed by atoms with E-state index in [1.807, 2.05) is 0 Å². The van der Waals surface area contributed by atoms with E-state index in [1.165, 1.54) is 6.20 Å². The normalized spacial score (nSPS) is 28.4. The average molecular weight is 480 g/mol. The van der Waals surface area contributed by atoms with E-state index in [2.05, 4.69) is 40.5 Å². The third kappa shape index (κ3) is 4.87. The van der Waals surface area contributed by atoms with E-state index in [-0.39, 0.29) is 28.6 Å². The van der Waals surface area contributed by atoms with Gasteiger partial charge < -0.3 is 30.3 Å². The largest absolute Gasteiger partial charge is 0.377 e. The Morgan fingerprint density at radius 2 is 1.97 bits per heavy atom. The lowest BCUT2D eigenvalue weighted by atomic mass is 10.1. The number of hydrogen-bond acceptors (Lipinski definition) is 9. The molecule has 0 amide bonds. The summed E-state index contributed by atoms with van der Waals surface area (Å²) in [6.07, 6.45) is 0.0210. The molecule has 34 heavy (non-hydrogen) atoms. The van der Waals surface area contributed by atoms with Crippen molar-refractivity contribution in [1.29, 1.82) is 0 Å². The highest BCUT2D eigenvalue weighted by Gasteiger charge is 2.58. The number of aromatic nitrogens is 3. The zero-order valence-corrected chi connectivity index (χ0v) is 20.1. The van der Waals surface area contributed by atoms with Crippen LogP contribution in [0.2, 0.25) is 0 Å². The van der Waals surface area contributed by atoms with Crippen LogP contribution in [-0.4, -0.2) is 78.6 Å². The SMILES string of the molecule is C=C(/C(=C\NC(C)N)c1nc(N2CCOC[C@H]2CC)nc(N2CCOCC23C[C@@H]3C)n1)C(F)F. The van der Waals surface area contributed by atoms with E-state index in [0.717, 1.165) is 12.8 Å². The fourth-order valence-electron chi connectivity index (χ4n) is 4.67. The highest BCUT2D eigenvalue weighted by Crippen LogP contribution is 2.50. The first-order valence-electron chi connectivity index (χ1n) is 11.9. The number of allylic oxidation sites excluding steroid dienone is 2. The maximum atomic E-state index is 13.8. The van der Waals surface area contributed by atoms with Crippen molar-refractivity contribution in [2.45, 2.75) is 57.8 Å². The van der Waals surface area contributed by atoms with E-state index in [4.69, 9.17) is 25.2 Å². The molecule has 1 saturated carbocycles. The Hall–Kier alpha value is -2.37. The summed E-state index contributed by atoms with van der Waals surface area (Å²) < 4.78 is 39.0. The summed E-state index contributed by atoms with van der Waals surface area (Å²) in [6.45, 7) is 13.1. The molecule has 0 radical (unpaired) electrons. The average Bonchev–Trinajstić information content (AvgIpc) is 3.46. The quantitative estimate of drug-likeness (QED) is 0.429. The molecule has 3 heterocycles. The van der Waals surface area contributed by atoms with Crippen LogP contribution in [0.4, 0.5) is 20.7 Å². The number of nitrogens with zero attached hydrogens (tertiary/aromatic N) is 5. The van der Waals surface area contributed by atoms with Gasteiger partial charge in [0.2, 0.25) is 11.9 Å². The topological polar surface area (TPSA) is 102 Å². The standard InChI is InChI=1S/C23H35F2N7O2/c1-5-17-12-33-8-6-31(17)21-28-20(18(11-27-16(4)26)15(3)19(24)25)29-22(30-21)32-7-9-34-13-23(32)10-14(23)2/h11,14,16-17,19,27H,3,5-10,12-13,26H2,1-2,4H3/b18-11+/t14-,16?,17+,23?/m0/s1. The third-order valence-electron chi connectivity index (χ3n) is 6.92. The first-order valence-corrected chi connectivity index (χ1v) is 11.9. The van der Waals surface area contributed by atoms with Crippen LogP contribution in [0.3, 0.4) is 0 Å². The van der Waals surface area contributed by atoms with Gasteiger partial charge in [-0.1, -0.05) is 20.4 Å². The molecule has 0 bridgehead atoms. The Bertz CT molecular complexity index is 929. The number of ether oxygens (including phenoxy) is 2. The Morgan fingerprint density at radius 3 is 2.62 bits per heavy atom. The third-order valence-corrected chi connectivity index (χ3v) is 6.92. The Labute approximate surface area is 199 Å². The molecule has 3 N–H and O–H groups in total. The number of nitrogens with one attached hydrogen (secondary N) is 1. The minimum Gasteiger partial charge on any atom is -0.377 e. The zero-order valence-electron chi connectivity index (χ0n) is 20.1. The molecule has 1 aromatic heterocycles. The lowest BCUT2D eigenvalue weighted by Gasteiger charge is -2.39. The predicted molar refractivity (Wildman–Crippen MR) is 127 cm³/mol. The summed E-state index contributed by atoms with van der Waals surface area (Å²) in [6, 6.07) is 0.0864. The molecule has 1 spiro atoms. The molecule has 2 unspecified atom stereocenters. The Morgan fingerprint density at radius 1 is 1.26 bits per heavy atom.